The van der Waals surface area contributed by atoms with Crippen molar-refractivity contribution in [3.8, 4) is 0 Å². The van der Waals surface area contributed by atoms with Crippen LogP contribution in [0.3, 0.4) is 0 Å². The second-order valence-corrected chi connectivity index (χ2v) is 5.07. The third kappa shape index (κ3) is 2.29. The number of carbonyl (C=O) groups excluding carboxylic acids is 1. The van der Waals surface area contributed by atoms with Crippen LogP contribution in [0.5, 0.6) is 0 Å². The Labute approximate surface area is 118 Å². The molecule has 2 amide bonds. The smallest absolute Gasteiger partial charge is 0.328 e. The van der Waals surface area contributed by atoms with Gasteiger partial charge in [0, 0.05) is 14.0 Å². The Morgan fingerprint density at radius 3 is 2.50 bits per heavy atom. The van der Waals surface area contributed by atoms with E-state index in [4.69, 9.17) is 11.6 Å². The molecule has 1 fully saturated rings. The maximum Gasteiger partial charge on any atom is 0.328 e. The van der Waals surface area contributed by atoms with Gasteiger partial charge in [-0.3, -0.25) is 0 Å². The van der Waals surface area contributed by atoms with Crippen LogP contribution in [0, 0.1) is 0 Å². The highest BCUT2D eigenvalue weighted by atomic mass is 35.5. The topological polar surface area (TPSA) is 69.6 Å². The van der Waals surface area contributed by atoms with E-state index in [-0.39, 0.29) is 5.82 Å². The number of anilines is 1. The minimum absolute atomic E-state index is 0.167. The first-order chi connectivity index (χ1) is 9.14. The molecule has 1 aromatic rings. The molecule has 0 saturated carbocycles. The Balaban J connectivity index is 2.47. The fourth-order valence-corrected chi connectivity index (χ4v) is 2.16. The Kier molecular flexibility index (Phi) is 3.55. The highest BCUT2D eigenvalue weighted by Gasteiger charge is 2.43. The van der Waals surface area contributed by atoms with Gasteiger partial charge in [-0.1, -0.05) is 11.6 Å². The Morgan fingerprint density at radius 2 is 2.05 bits per heavy atom. The van der Waals surface area contributed by atoms with E-state index < -0.39 is 34.9 Å². The molecule has 1 aliphatic heterocycles. The maximum absolute atomic E-state index is 13.4. The van der Waals surface area contributed by atoms with Crippen molar-refractivity contribution in [1.82, 2.24) is 15.1 Å². The van der Waals surface area contributed by atoms with E-state index in [9.17, 15) is 18.7 Å². The zero-order valence-corrected chi connectivity index (χ0v) is 11.8. The van der Waals surface area contributed by atoms with Gasteiger partial charge >= 0.3 is 6.03 Å². The number of urea groups is 1. The fourth-order valence-electron chi connectivity index (χ4n) is 1.90. The minimum Gasteiger partial charge on any atom is -0.371 e. The molecule has 2 atom stereocenters. The van der Waals surface area contributed by atoms with E-state index in [0.717, 1.165) is 11.0 Å². The summed E-state index contributed by atoms with van der Waals surface area (Å²) in [5.41, 5.74) is -0.550. The number of hydrogen-bond donors (Lipinski definition) is 1. The van der Waals surface area contributed by atoms with Gasteiger partial charge < -0.3 is 10.0 Å². The van der Waals surface area contributed by atoms with Crippen molar-refractivity contribution in [2.75, 3.05) is 11.9 Å². The zero-order valence-electron chi connectivity index (χ0n) is 11.0. The van der Waals surface area contributed by atoms with Gasteiger partial charge in [0.05, 0.1) is 11.6 Å². The van der Waals surface area contributed by atoms with Crippen molar-refractivity contribution in [2.24, 2.45) is 0 Å². The fraction of sp³-hybridized carbons (Fsp3) is 0.545. The van der Waals surface area contributed by atoms with Gasteiger partial charge in [-0.05, 0) is 13.0 Å². The summed E-state index contributed by atoms with van der Waals surface area (Å²) in [4.78, 5) is 14.2. The number of amides is 2. The number of hydrogen-bond acceptors (Lipinski definition) is 4. The number of alkyl halides is 2. The molecule has 110 valence electrons. The molecule has 0 aromatic carbocycles. The normalized spacial score (nSPS) is 23.6. The predicted octanol–water partition coefficient (Wildman–Crippen LogP) is 1.82. The minimum atomic E-state index is -3.23. The van der Waals surface area contributed by atoms with Gasteiger partial charge in [-0.25, -0.2) is 18.5 Å². The zero-order chi connectivity index (χ0) is 15.2. The molecular formula is C11H13ClF2N4O2. The van der Waals surface area contributed by atoms with Crippen LogP contribution in [0.25, 0.3) is 0 Å². The van der Waals surface area contributed by atoms with E-state index in [1.54, 1.807) is 6.92 Å². The predicted molar refractivity (Wildman–Crippen MR) is 67.7 cm³/mol. The van der Waals surface area contributed by atoms with Crippen LogP contribution in [-0.2, 0) is 5.92 Å². The summed E-state index contributed by atoms with van der Waals surface area (Å²) >= 11 is 5.59. The van der Waals surface area contributed by atoms with Crippen molar-refractivity contribution in [1.29, 1.82) is 0 Å². The number of aromatic nitrogens is 2. The van der Waals surface area contributed by atoms with Gasteiger partial charge in [0.1, 0.15) is 0 Å². The number of halogens is 3. The maximum atomic E-state index is 13.4. The largest absolute Gasteiger partial charge is 0.371 e. The average molecular weight is 307 g/mol. The molecule has 6 nitrogen and oxygen atoms in total. The summed E-state index contributed by atoms with van der Waals surface area (Å²) in [5, 5.41) is 16.6. The lowest BCUT2D eigenvalue weighted by Gasteiger charge is -2.20. The first-order valence-corrected chi connectivity index (χ1v) is 6.18. The number of carbonyl (C=O) groups is 1. The molecule has 2 rings (SSSR count). The third-order valence-corrected chi connectivity index (χ3v) is 3.55. The van der Waals surface area contributed by atoms with E-state index in [2.05, 4.69) is 10.2 Å². The number of aliphatic hydroxyl groups is 1. The van der Waals surface area contributed by atoms with E-state index in [1.165, 1.54) is 11.9 Å². The van der Waals surface area contributed by atoms with Crippen molar-refractivity contribution in [3.05, 3.63) is 16.8 Å². The lowest BCUT2D eigenvalue weighted by Crippen LogP contribution is -2.36. The number of aliphatic hydroxyl groups excluding tert-OH is 1. The third-order valence-electron chi connectivity index (χ3n) is 3.27. The molecule has 20 heavy (non-hydrogen) atoms. The van der Waals surface area contributed by atoms with Gasteiger partial charge in [-0.2, -0.15) is 0 Å². The number of likely N-dealkylation sites (N-methyl/N-ethyl adjacent to an activating group) is 1. The first kappa shape index (κ1) is 14.9. The molecule has 1 saturated heterocycles. The van der Waals surface area contributed by atoms with Crippen molar-refractivity contribution in [2.45, 2.75) is 32.0 Å². The van der Waals surface area contributed by atoms with Crippen LogP contribution in [0.15, 0.2) is 6.07 Å². The van der Waals surface area contributed by atoms with Crippen molar-refractivity contribution >= 4 is 23.4 Å². The average Bonchev–Trinajstić information content (AvgIpc) is 2.54. The second-order valence-electron chi connectivity index (χ2n) is 4.71. The molecule has 9 heteroatoms. The molecule has 1 aliphatic rings. The van der Waals surface area contributed by atoms with Crippen LogP contribution in [0.4, 0.5) is 19.4 Å². The van der Waals surface area contributed by atoms with Gasteiger partial charge in [0.25, 0.3) is 5.92 Å². The van der Waals surface area contributed by atoms with Crippen LogP contribution < -0.4 is 4.90 Å². The summed E-state index contributed by atoms with van der Waals surface area (Å²) < 4.78 is 26.8. The summed E-state index contributed by atoms with van der Waals surface area (Å²) in [5.74, 6) is -3.40. The molecule has 0 bridgehead atoms. The first-order valence-electron chi connectivity index (χ1n) is 5.80. The monoisotopic (exact) mass is 306 g/mol. The van der Waals surface area contributed by atoms with Crippen LogP contribution in [0.2, 0.25) is 5.15 Å². The molecular weight excluding hydrogens is 294 g/mol. The number of nitrogens with zero attached hydrogens (tertiary/aromatic N) is 4. The molecule has 0 radical (unpaired) electrons. The van der Waals surface area contributed by atoms with E-state index in [0.29, 0.717) is 6.92 Å². The Bertz CT molecular complexity index is 552. The lowest BCUT2D eigenvalue weighted by atomic mass is 10.2. The SMILES string of the molecule is CC1C(O)N(c2cc(C(C)(F)F)c(Cl)nn2)C(=O)N1C. The van der Waals surface area contributed by atoms with Gasteiger partial charge in [0.2, 0.25) is 0 Å². The highest BCUT2D eigenvalue weighted by Crippen LogP contribution is 2.34. The summed E-state index contributed by atoms with van der Waals surface area (Å²) in [6.07, 6.45) is -1.19. The van der Waals surface area contributed by atoms with E-state index in [1.807, 2.05) is 0 Å². The molecule has 2 heterocycles. The standard InChI is InChI=1S/C11H13ClF2N4O2/c1-5-9(19)18(10(20)17(5)3)7-4-6(11(2,13)14)8(12)16-15-7/h4-5,9,19H,1-3H3. The summed E-state index contributed by atoms with van der Waals surface area (Å²) in [7, 11) is 1.49. The lowest BCUT2D eigenvalue weighted by molar-refractivity contribution is 0.0171. The highest BCUT2D eigenvalue weighted by molar-refractivity contribution is 6.30. The molecule has 0 aliphatic carbocycles. The molecule has 2 unspecified atom stereocenters. The summed E-state index contributed by atoms with van der Waals surface area (Å²) in [6, 6.07) is -0.0833. The van der Waals surface area contributed by atoms with Crippen molar-refractivity contribution < 1.29 is 18.7 Å². The van der Waals surface area contributed by atoms with Crippen LogP contribution in [0.1, 0.15) is 19.4 Å². The molecule has 1 N–H and O–H groups in total. The van der Waals surface area contributed by atoms with Crippen molar-refractivity contribution in [3.63, 3.8) is 0 Å². The van der Waals surface area contributed by atoms with E-state index >= 15 is 0 Å². The Hall–Kier alpha value is -1.54. The quantitative estimate of drug-likeness (QED) is 0.905. The summed E-state index contributed by atoms with van der Waals surface area (Å²) in [6.45, 7) is 2.29. The Morgan fingerprint density at radius 1 is 1.45 bits per heavy atom. The second kappa shape index (κ2) is 4.78. The van der Waals surface area contributed by atoms with Gasteiger partial charge in [-0.15, -0.1) is 10.2 Å². The van der Waals surface area contributed by atoms with Crippen LogP contribution in [-0.4, -0.2) is 45.6 Å². The van der Waals surface area contributed by atoms with Gasteiger partial charge in [0.15, 0.2) is 17.2 Å². The molecule has 1 aromatic heterocycles. The molecule has 0 spiro atoms. The van der Waals surface area contributed by atoms with Crippen LogP contribution >= 0.6 is 11.6 Å². The number of rotatable bonds is 2.